The summed E-state index contributed by atoms with van der Waals surface area (Å²) in [6.45, 7) is 5.85. The minimum atomic E-state index is -0.184. The Labute approximate surface area is 147 Å². The Morgan fingerprint density at radius 3 is 2.62 bits per heavy atom. The van der Waals surface area contributed by atoms with E-state index in [1.54, 1.807) is 0 Å². The van der Waals surface area contributed by atoms with Crippen LogP contribution in [0.1, 0.15) is 71.1 Å². The summed E-state index contributed by atoms with van der Waals surface area (Å²) in [5.41, 5.74) is 5.37. The number of nitrogens with two attached hydrogens (primary N) is 1. The molecule has 2 aliphatic rings. The van der Waals surface area contributed by atoms with Crippen molar-refractivity contribution in [2.24, 2.45) is 22.6 Å². The maximum absolute atomic E-state index is 11.2. The van der Waals surface area contributed by atoms with Gasteiger partial charge in [-0.25, -0.2) is 0 Å². The zero-order valence-corrected chi connectivity index (χ0v) is 15.4. The van der Waals surface area contributed by atoms with Crippen LogP contribution in [0.15, 0.2) is 4.99 Å². The van der Waals surface area contributed by atoms with Crippen LogP contribution in [-0.2, 0) is 4.79 Å². The first-order valence-electron chi connectivity index (χ1n) is 10.0. The van der Waals surface area contributed by atoms with Crippen molar-refractivity contribution in [2.75, 3.05) is 26.2 Å². The molecule has 1 aliphatic carbocycles. The number of likely N-dealkylation sites (tertiary alicyclic amines) is 1. The van der Waals surface area contributed by atoms with Gasteiger partial charge in [-0.2, -0.15) is 0 Å². The molecule has 0 radical (unpaired) electrons. The maximum Gasteiger partial charge on any atom is 0.217 e. The Bertz CT molecular complexity index is 404. The minimum Gasteiger partial charge on any atom is -0.370 e. The van der Waals surface area contributed by atoms with E-state index in [4.69, 9.17) is 10.7 Å². The number of piperidine rings is 1. The third kappa shape index (κ3) is 6.70. The topological polar surface area (TPSA) is 70.7 Å². The van der Waals surface area contributed by atoms with Gasteiger partial charge in [0.1, 0.15) is 0 Å². The van der Waals surface area contributed by atoms with Gasteiger partial charge in [0, 0.05) is 32.6 Å². The molecule has 138 valence electrons. The molecule has 1 saturated carbocycles. The normalized spacial score (nSPS) is 23.3. The number of amides is 1. The smallest absolute Gasteiger partial charge is 0.217 e. The third-order valence-corrected chi connectivity index (χ3v) is 5.40. The lowest BCUT2D eigenvalue weighted by Gasteiger charge is -2.34. The van der Waals surface area contributed by atoms with Gasteiger partial charge in [0.2, 0.25) is 5.91 Å². The average Bonchev–Trinajstić information content (AvgIpc) is 2.58. The fraction of sp³-hybridized carbons (Fsp3) is 0.895. The fourth-order valence-electron chi connectivity index (χ4n) is 4.18. The fourth-order valence-corrected chi connectivity index (χ4v) is 4.18. The monoisotopic (exact) mass is 336 g/mol. The minimum absolute atomic E-state index is 0.184. The third-order valence-electron chi connectivity index (χ3n) is 5.40. The predicted octanol–water partition coefficient (Wildman–Crippen LogP) is 2.90. The van der Waals surface area contributed by atoms with E-state index in [0.29, 0.717) is 12.3 Å². The van der Waals surface area contributed by atoms with Gasteiger partial charge >= 0.3 is 0 Å². The summed E-state index contributed by atoms with van der Waals surface area (Å²) in [5.74, 6) is 2.15. The molecule has 5 nitrogen and oxygen atoms in total. The number of nitrogens with zero attached hydrogens (tertiary/aromatic N) is 2. The van der Waals surface area contributed by atoms with Gasteiger partial charge in [-0.3, -0.25) is 9.79 Å². The number of primary amides is 1. The molecule has 1 heterocycles. The number of hydrogen-bond acceptors (Lipinski definition) is 2. The lowest BCUT2D eigenvalue weighted by Crippen LogP contribution is -2.47. The van der Waals surface area contributed by atoms with E-state index >= 15 is 0 Å². The number of aliphatic imine (C=N–C) groups is 1. The first-order valence-corrected chi connectivity index (χ1v) is 10.0. The molecule has 0 aromatic heterocycles. The molecule has 0 aromatic carbocycles. The van der Waals surface area contributed by atoms with E-state index in [1.165, 1.54) is 44.9 Å². The van der Waals surface area contributed by atoms with Crippen LogP contribution < -0.4 is 11.1 Å². The molecule has 0 aromatic rings. The predicted molar refractivity (Wildman–Crippen MR) is 99.9 cm³/mol. The van der Waals surface area contributed by atoms with Crippen LogP contribution in [0.3, 0.4) is 0 Å². The van der Waals surface area contributed by atoms with E-state index < -0.39 is 0 Å². The molecule has 1 unspecified atom stereocenters. The summed E-state index contributed by atoms with van der Waals surface area (Å²) in [6, 6.07) is 0. The Morgan fingerprint density at radius 1 is 1.17 bits per heavy atom. The van der Waals surface area contributed by atoms with Crippen molar-refractivity contribution in [1.29, 1.82) is 0 Å². The van der Waals surface area contributed by atoms with Gasteiger partial charge < -0.3 is 16.0 Å². The van der Waals surface area contributed by atoms with Crippen LogP contribution in [0.4, 0.5) is 0 Å². The second kappa shape index (κ2) is 10.6. The summed E-state index contributed by atoms with van der Waals surface area (Å²) >= 11 is 0. The summed E-state index contributed by atoms with van der Waals surface area (Å²) in [6.07, 6.45) is 12.3. The van der Waals surface area contributed by atoms with Crippen LogP contribution in [0.5, 0.6) is 0 Å². The summed E-state index contributed by atoms with van der Waals surface area (Å²) in [5, 5.41) is 3.42. The van der Waals surface area contributed by atoms with Gasteiger partial charge in [-0.15, -0.1) is 0 Å². The second-order valence-electron chi connectivity index (χ2n) is 7.51. The highest BCUT2D eigenvalue weighted by molar-refractivity contribution is 5.80. The molecule has 1 saturated heterocycles. The standard InChI is InChI=1S/C19H36N4O/c1-2-21-19(22-12-6-10-16-8-4-3-5-9-16)23-13-7-11-17(15-23)14-18(20)24/h16-17H,2-15H2,1H3,(H2,20,24)(H,21,22). The number of guanidine groups is 1. The zero-order chi connectivity index (χ0) is 17.2. The van der Waals surface area contributed by atoms with E-state index in [0.717, 1.165) is 50.9 Å². The Morgan fingerprint density at radius 2 is 1.92 bits per heavy atom. The molecule has 0 spiro atoms. The molecular weight excluding hydrogens is 300 g/mol. The van der Waals surface area contributed by atoms with Gasteiger partial charge in [0.15, 0.2) is 5.96 Å². The van der Waals surface area contributed by atoms with Crippen LogP contribution in [0, 0.1) is 11.8 Å². The highest BCUT2D eigenvalue weighted by Crippen LogP contribution is 2.27. The van der Waals surface area contributed by atoms with Crippen LogP contribution >= 0.6 is 0 Å². The zero-order valence-electron chi connectivity index (χ0n) is 15.4. The lowest BCUT2D eigenvalue weighted by atomic mass is 9.86. The van der Waals surface area contributed by atoms with Crippen molar-refractivity contribution in [1.82, 2.24) is 10.2 Å². The van der Waals surface area contributed by atoms with Crippen molar-refractivity contribution < 1.29 is 4.79 Å². The number of carbonyl (C=O) groups is 1. The molecule has 0 bridgehead atoms. The highest BCUT2D eigenvalue weighted by atomic mass is 16.1. The highest BCUT2D eigenvalue weighted by Gasteiger charge is 2.23. The molecular formula is C19H36N4O. The Kier molecular flexibility index (Phi) is 8.40. The van der Waals surface area contributed by atoms with Crippen molar-refractivity contribution >= 4 is 11.9 Å². The lowest BCUT2D eigenvalue weighted by molar-refractivity contribution is -0.119. The summed E-state index contributed by atoms with van der Waals surface area (Å²) in [4.78, 5) is 18.4. The van der Waals surface area contributed by atoms with Crippen molar-refractivity contribution in [3.05, 3.63) is 0 Å². The molecule has 1 aliphatic heterocycles. The maximum atomic E-state index is 11.2. The molecule has 2 fully saturated rings. The van der Waals surface area contributed by atoms with E-state index in [2.05, 4.69) is 17.1 Å². The quantitative estimate of drug-likeness (QED) is 0.427. The second-order valence-corrected chi connectivity index (χ2v) is 7.51. The van der Waals surface area contributed by atoms with Gasteiger partial charge in [0.05, 0.1) is 0 Å². The average molecular weight is 337 g/mol. The van der Waals surface area contributed by atoms with Gasteiger partial charge in [-0.05, 0) is 44.4 Å². The molecule has 1 amide bonds. The molecule has 1 atom stereocenters. The SMILES string of the molecule is CCNC(=NCCCC1CCCCC1)N1CCCC(CC(N)=O)C1. The van der Waals surface area contributed by atoms with E-state index in [9.17, 15) is 4.79 Å². The number of nitrogens with one attached hydrogen (secondary N) is 1. The van der Waals surface area contributed by atoms with Crippen molar-refractivity contribution in [3.63, 3.8) is 0 Å². The van der Waals surface area contributed by atoms with Gasteiger partial charge in [-0.1, -0.05) is 32.1 Å². The molecule has 2 rings (SSSR count). The Hall–Kier alpha value is -1.26. The van der Waals surface area contributed by atoms with Crippen LogP contribution in [0.25, 0.3) is 0 Å². The molecule has 24 heavy (non-hydrogen) atoms. The van der Waals surface area contributed by atoms with E-state index in [-0.39, 0.29) is 5.91 Å². The number of carbonyl (C=O) groups excluding carboxylic acids is 1. The van der Waals surface area contributed by atoms with Crippen molar-refractivity contribution in [2.45, 2.75) is 71.1 Å². The van der Waals surface area contributed by atoms with Crippen LogP contribution in [-0.4, -0.2) is 42.9 Å². The van der Waals surface area contributed by atoms with Gasteiger partial charge in [0.25, 0.3) is 0 Å². The van der Waals surface area contributed by atoms with Crippen molar-refractivity contribution in [3.8, 4) is 0 Å². The number of rotatable bonds is 7. The summed E-state index contributed by atoms with van der Waals surface area (Å²) < 4.78 is 0. The first-order chi connectivity index (χ1) is 11.7. The van der Waals surface area contributed by atoms with Crippen LogP contribution in [0.2, 0.25) is 0 Å². The first kappa shape index (κ1) is 19.1. The summed E-state index contributed by atoms with van der Waals surface area (Å²) in [7, 11) is 0. The van der Waals surface area contributed by atoms with E-state index in [1.807, 2.05) is 0 Å². The largest absolute Gasteiger partial charge is 0.370 e. The number of hydrogen-bond donors (Lipinski definition) is 2. The Balaban J connectivity index is 1.79. The molecule has 3 N–H and O–H groups in total. The molecule has 5 heteroatoms.